The first-order valence-electron chi connectivity index (χ1n) is 6.33. The Labute approximate surface area is 116 Å². The summed E-state index contributed by atoms with van der Waals surface area (Å²) in [7, 11) is 0. The van der Waals surface area contributed by atoms with Gasteiger partial charge in [-0.3, -0.25) is 4.98 Å². The van der Waals surface area contributed by atoms with E-state index < -0.39 is 0 Å². The van der Waals surface area contributed by atoms with Crippen LogP contribution in [0.2, 0.25) is 0 Å². The van der Waals surface area contributed by atoms with Crippen molar-refractivity contribution < 1.29 is 0 Å². The number of aromatic nitrogens is 5. The number of rotatable bonds is 4. The van der Waals surface area contributed by atoms with Gasteiger partial charge in [-0.1, -0.05) is 12.1 Å². The molecule has 100 valence electrons. The summed E-state index contributed by atoms with van der Waals surface area (Å²) in [6, 6.07) is 12.1. The summed E-state index contributed by atoms with van der Waals surface area (Å²) in [5.74, 6) is 0.588. The van der Waals surface area contributed by atoms with Crippen LogP contribution >= 0.6 is 0 Å². The molecule has 20 heavy (non-hydrogen) atoms. The number of H-pyrrole nitrogens is 1. The minimum atomic E-state index is 0.193. The van der Waals surface area contributed by atoms with E-state index in [1.165, 1.54) is 5.56 Å². The van der Waals surface area contributed by atoms with E-state index in [0.29, 0.717) is 5.82 Å². The van der Waals surface area contributed by atoms with Crippen molar-refractivity contribution in [1.82, 2.24) is 25.6 Å². The predicted molar refractivity (Wildman–Crippen MR) is 75.9 cm³/mol. The van der Waals surface area contributed by atoms with E-state index in [0.717, 1.165) is 11.3 Å². The summed E-state index contributed by atoms with van der Waals surface area (Å²) < 4.78 is 0. The van der Waals surface area contributed by atoms with Crippen LogP contribution in [-0.4, -0.2) is 25.6 Å². The number of nitrogens with one attached hydrogen (secondary N) is 2. The molecule has 0 aliphatic rings. The lowest BCUT2D eigenvalue weighted by Gasteiger charge is -2.15. The Balaban J connectivity index is 1.80. The van der Waals surface area contributed by atoms with Crippen molar-refractivity contribution in [3.8, 4) is 11.4 Å². The smallest absolute Gasteiger partial charge is 0.204 e. The third kappa shape index (κ3) is 2.64. The second-order valence-corrected chi connectivity index (χ2v) is 4.46. The summed E-state index contributed by atoms with van der Waals surface area (Å²) in [5.41, 5.74) is 3.12. The van der Waals surface area contributed by atoms with E-state index in [1.54, 1.807) is 12.4 Å². The van der Waals surface area contributed by atoms with E-state index in [2.05, 4.69) is 37.8 Å². The van der Waals surface area contributed by atoms with E-state index in [-0.39, 0.29) is 6.04 Å². The van der Waals surface area contributed by atoms with E-state index >= 15 is 0 Å². The molecule has 0 saturated carbocycles. The van der Waals surface area contributed by atoms with Crippen LogP contribution in [0.4, 0.5) is 5.69 Å². The number of pyridine rings is 1. The summed E-state index contributed by atoms with van der Waals surface area (Å²) >= 11 is 0. The van der Waals surface area contributed by atoms with Crippen molar-refractivity contribution in [1.29, 1.82) is 0 Å². The minimum absolute atomic E-state index is 0.193. The van der Waals surface area contributed by atoms with Gasteiger partial charge in [-0.05, 0) is 42.0 Å². The quantitative estimate of drug-likeness (QED) is 0.758. The van der Waals surface area contributed by atoms with Crippen LogP contribution in [0.5, 0.6) is 0 Å². The van der Waals surface area contributed by atoms with Crippen molar-refractivity contribution in [2.75, 3.05) is 5.32 Å². The number of hydrogen-bond acceptors (Lipinski definition) is 5. The van der Waals surface area contributed by atoms with Crippen molar-refractivity contribution in [3.05, 3.63) is 54.4 Å². The van der Waals surface area contributed by atoms with E-state index in [9.17, 15) is 0 Å². The number of nitrogens with zero attached hydrogens (tertiary/aromatic N) is 4. The second-order valence-electron chi connectivity index (χ2n) is 4.46. The van der Waals surface area contributed by atoms with Crippen molar-refractivity contribution in [3.63, 3.8) is 0 Å². The van der Waals surface area contributed by atoms with Gasteiger partial charge in [0.05, 0.1) is 0 Å². The third-order valence-electron chi connectivity index (χ3n) is 3.06. The molecule has 0 fully saturated rings. The number of tetrazole rings is 1. The van der Waals surface area contributed by atoms with E-state index in [1.807, 2.05) is 36.4 Å². The van der Waals surface area contributed by atoms with Crippen LogP contribution in [0, 0.1) is 0 Å². The highest BCUT2D eigenvalue weighted by molar-refractivity contribution is 5.62. The average molecular weight is 266 g/mol. The molecule has 2 heterocycles. The van der Waals surface area contributed by atoms with Crippen molar-refractivity contribution in [2.45, 2.75) is 13.0 Å². The van der Waals surface area contributed by atoms with Crippen LogP contribution < -0.4 is 5.32 Å². The lowest BCUT2D eigenvalue weighted by Crippen LogP contribution is -2.06. The molecule has 0 aliphatic heterocycles. The monoisotopic (exact) mass is 266 g/mol. The first kappa shape index (κ1) is 12.3. The minimum Gasteiger partial charge on any atom is -0.379 e. The first-order chi connectivity index (χ1) is 9.83. The molecule has 0 radical (unpaired) electrons. The Morgan fingerprint density at radius 1 is 1.15 bits per heavy atom. The molecule has 2 N–H and O–H groups in total. The molecule has 0 spiro atoms. The molecule has 3 aromatic rings. The standard InChI is InChI=1S/C14H14N6/c1-10(11-5-7-15-8-6-11)16-13-4-2-3-12(9-13)14-17-19-20-18-14/h2-10,16H,1H3,(H,17,18,19,20). The summed E-state index contributed by atoms with van der Waals surface area (Å²) in [6.45, 7) is 2.11. The van der Waals surface area contributed by atoms with Gasteiger partial charge in [0, 0.05) is 29.7 Å². The third-order valence-corrected chi connectivity index (χ3v) is 3.06. The molecule has 6 heteroatoms. The molecule has 1 atom stereocenters. The fourth-order valence-corrected chi connectivity index (χ4v) is 2.02. The Morgan fingerprint density at radius 2 is 2.00 bits per heavy atom. The molecular formula is C14H14N6. The summed E-state index contributed by atoms with van der Waals surface area (Å²) in [4.78, 5) is 4.03. The van der Waals surface area contributed by atoms with Crippen molar-refractivity contribution >= 4 is 5.69 Å². The molecule has 0 saturated heterocycles. The number of aromatic amines is 1. The first-order valence-corrected chi connectivity index (χ1v) is 6.33. The van der Waals surface area contributed by atoms with Crippen LogP contribution in [0.3, 0.4) is 0 Å². The molecular weight excluding hydrogens is 252 g/mol. The van der Waals surface area contributed by atoms with Gasteiger partial charge in [0.25, 0.3) is 0 Å². The van der Waals surface area contributed by atoms with Gasteiger partial charge < -0.3 is 5.32 Å². The molecule has 0 amide bonds. The van der Waals surface area contributed by atoms with Crippen LogP contribution in [0.15, 0.2) is 48.8 Å². The molecule has 1 unspecified atom stereocenters. The highest BCUT2D eigenvalue weighted by atomic mass is 15.5. The van der Waals surface area contributed by atoms with Gasteiger partial charge in [-0.25, -0.2) is 0 Å². The van der Waals surface area contributed by atoms with Crippen LogP contribution in [0.1, 0.15) is 18.5 Å². The fraction of sp³-hybridized carbons (Fsp3) is 0.143. The predicted octanol–water partition coefficient (Wildman–Crippen LogP) is 2.43. The largest absolute Gasteiger partial charge is 0.379 e. The summed E-state index contributed by atoms with van der Waals surface area (Å²) in [5, 5.41) is 17.4. The van der Waals surface area contributed by atoms with Crippen LogP contribution in [-0.2, 0) is 0 Å². The maximum absolute atomic E-state index is 4.03. The zero-order valence-electron chi connectivity index (χ0n) is 11.0. The van der Waals surface area contributed by atoms with Gasteiger partial charge in [0.2, 0.25) is 5.82 Å². The number of benzene rings is 1. The van der Waals surface area contributed by atoms with Crippen molar-refractivity contribution in [2.24, 2.45) is 0 Å². The summed E-state index contributed by atoms with van der Waals surface area (Å²) in [6.07, 6.45) is 3.59. The Hall–Kier alpha value is -2.76. The Kier molecular flexibility index (Phi) is 3.36. The maximum atomic E-state index is 4.03. The normalized spacial score (nSPS) is 12.1. The second kappa shape index (κ2) is 5.48. The highest BCUT2D eigenvalue weighted by Gasteiger charge is 2.07. The number of anilines is 1. The lowest BCUT2D eigenvalue weighted by atomic mass is 10.1. The van der Waals surface area contributed by atoms with E-state index in [4.69, 9.17) is 0 Å². The zero-order chi connectivity index (χ0) is 13.8. The molecule has 0 bridgehead atoms. The van der Waals surface area contributed by atoms with Gasteiger partial charge in [-0.2, -0.15) is 5.21 Å². The van der Waals surface area contributed by atoms with Gasteiger partial charge in [0.1, 0.15) is 0 Å². The molecule has 6 nitrogen and oxygen atoms in total. The molecule has 1 aromatic carbocycles. The highest BCUT2D eigenvalue weighted by Crippen LogP contribution is 2.22. The number of hydrogen-bond donors (Lipinski definition) is 2. The lowest BCUT2D eigenvalue weighted by molar-refractivity contribution is 0.881. The average Bonchev–Trinajstić information content (AvgIpc) is 3.03. The Bertz CT molecular complexity index is 665. The SMILES string of the molecule is CC(Nc1cccc(-c2nn[nH]n2)c1)c1ccncc1. The van der Waals surface area contributed by atoms with Crippen LogP contribution in [0.25, 0.3) is 11.4 Å². The van der Waals surface area contributed by atoms with Gasteiger partial charge in [-0.15, -0.1) is 10.2 Å². The van der Waals surface area contributed by atoms with Gasteiger partial charge in [0.15, 0.2) is 0 Å². The Morgan fingerprint density at radius 3 is 2.75 bits per heavy atom. The topological polar surface area (TPSA) is 79.4 Å². The molecule has 0 aliphatic carbocycles. The zero-order valence-corrected chi connectivity index (χ0v) is 11.0. The molecule has 2 aromatic heterocycles. The maximum Gasteiger partial charge on any atom is 0.204 e. The van der Waals surface area contributed by atoms with Gasteiger partial charge >= 0.3 is 0 Å². The fourth-order valence-electron chi connectivity index (χ4n) is 2.02. The molecule has 3 rings (SSSR count).